The average molecular weight is 288 g/mol. The maximum Gasteiger partial charge on any atom is 0.262 e. The van der Waals surface area contributed by atoms with Gasteiger partial charge in [-0.2, -0.15) is 0 Å². The maximum atomic E-state index is 12.4. The molecule has 1 aromatic carbocycles. The number of hydrogen-bond acceptors (Lipinski definition) is 4. The molecule has 2 aliphatic heterocycles. The molecule has 1 atom stereocenters. The van der Waals surface area contributed by atoms with Gasteiger partial charge in [-0.3, -0.25) is 19.4 Å². The van der Waals surface area contributed by atoms with Crippen LogP contribution in [0.15, 0.2) is 24.3 Å². The molecule has 5 heteroatoms. The van der Waals surface area contributed by atoms with Crippen molar-refractivity contribution in [1.29, 1.82) is 0 Å². The molecule has 1 saturated heterocycles. The summed E-state index contributed by atoms with van der Waals surface area (Å²) in [5.74, 6) is -0.409. The van der Waals surface area contributed by atoms with Crippen molar-refractivity contribution < 1.29 is 14.7 Å². The van der Waals surface area contributed by atoms with Crippen molar-refractivity contribution in [3.63, 3.8) is 0 Å². The summed E-state index contributed by atoms with van der Waals surface area (Å²) in [6, 6.07) is 7.23. The van der Waals surface area contributed by atoms with E-state index in [1.807, 2.05) is 0 Å². The summed E-state index contributed by atoms with van der Waals surface area (Å²) in [4.78, 5) is 28.2. The Morgan fingerprint density at radius 3 is 2.38 bits per heavy atom. The number of benzene rings is 1. The van der Waals surface area contributed by atoms with E-state index in [0.29, 0.717) is 24.2 Å². The zero-order chi connectivity index (χ0) is 14.8. The molecular formula is C16H20N2O3. The van der Waals surface area contributed by atoms with Gasteiger partial charge in [-0.05, 0) is 31.4 Å². The number of piperidine rings is 1. The van der Waals surface area contributed by atoms with Crippen LogP contribution >= 0.6 is 0 Å². The predicted molar refractivity (Wildman–Crippen MR) is 77.9 cm³/mol. The lowest BCUT2D eigenvalue weighted by atomic mass is 10.0. The van der Waals surface area contributed by atoms with E-state index in [1.165, 1.54) is 4.90 Å². The second kappa shape index (κ2) is 5.95. The number of aliphatic hydroxyl groups excluding tert-OH is 1. The van der Waals surface area contributed by atoms with E-state index in [1.54, 1.807) is 24.3 Å². The fourth-order valence-electron chi connectivity index (χ4n) is 3.27. The standard InChI is InChI=1S/C16H20N2O3/c19-10-8-12-5-3-4-9-17(12)11-18-15(20)13-6-1-2-7-14(13)16(18)21/h1-2,6-7,12,19H,3-5,8-11H2. The van der Waals surface area contributed by atoms with Crippen LogP contribution in [0.5, 0.6) is 0 Å². The summed E-state index contributed by atoms with van der Waals surface area (Å²) in [5, 5.41) is 9.17. The minimum Gasteiger partial charge on any atom is -0.396 e. The molecule has 5 nitrogen and oxygen atoms in total. The second-order valence-corrected chi connectivity index (χ2v) is 5.70. The third-order valence-electron chi connectivity index (χ3n) is 4.41. The third-order valence-corrected chi connectivity index (χ3v) is 4.41. The number of carbonyl (C=O) groups excluding carboxylic acids is 2. The van der Waals surface area contributed by atoms with Crippen LogP contribution in [-0.2, 0) is 0 Å². The van der Waals surface area contributed by atoms with Gasteiger partial charge in [-0.25, -0.2) is 0 Å². The first kappa shape index (κ1) is 14.2. The van der Waals surface area contributed by atoms with Crippen LogP contribution in [0.2, 0.25) is 0 Å². The Morgan fingerprint density at radius 1 is 1.10 bits per heavy atom. The lowest BCUT2D eigenvalue weighted by Crippen LogP contribution is -2.48. The molecule has 0 radical (unpaired) electrons. The van der Waals surface area contributed by atoms with Crippen LogP contribution < -0.4 is 0 Å². The maximum absolute atomic E-state index is 12.4. The van der Waals surface area contributed by atoms with Crippen molar-refractivity contribution in [3.8, 4) is 0 Å². The molecule has 0 aliphatic carbocycles. The van der Waals surface area contributed by atoms with Gasteiger partial charge in [0.25, 0.3) is 11.8 Å². The summed E-state index contributed by atoms with van der Waals surface area (Å²) < 4.78 is 0. The van der Waals surface area contributed by atoms with Crippen LogP contribution in [-0.4, -0.2) is 52.6 Å². The minimum atomic E-state index is -0.205. The molecule has 0 spiro atoms. The molecular weight excluding hydrogens is 268 g/mol. The van der Waals surface area contributed by atoms with Gasteiger partial charge in [0.2, 0.25) is 0 Å². The van der Waals surface area contributed by atoms with Gasteiger partial charge < -0.3 is 5.11 Å². The van der Waals surface area contributed by atoms with E-state index in [9.17, 15) is 9.59 Å². The van der Waals surface area contributed by atoms with Gasteiger partial charge in [0.05, 0.1) is 17.8 Å². The summed E-state index contributed by atoms with van der Waals surface area (Å²) in [7, 11) is 0. The summed E-state index contributed by atoms with van der Waals surface area (Å²) in [6.07, 6.45) is 3.93. The number of imide groups is 1. The quantitative estimate of drug-likeness (QED) is 0.853. The number of hydrogen-bond donors (Lipinski definition) is 1. The Hall–Kier alpha value is -1.72. The first-order chi connectivity index (χ1) is 10.2. The van der Waals surface area contributed by atoms with Crippen molar-refractivity contribution in [2.75, 3.05) is 19.8 Å². The zero-order valence-electron chi connectivity index (χ0n) is 12.0. The normalized spacial score (nSPS) is 22.7. The second-order valence-electron chi connectivity index (χ2n) is 5.70. The number of likely N-dealkylation sites (tertiary alicyclic amines) is 1. The number of nitrogens with zero attached hydrogens (tertiary/aromatic N) is 2. The molecule has 1 fully saturated rings. The Balaban J connectivity index is 1.76. The highest BCUT2D eigenvalue weighted by atomic mass is 16.3. The van der Waals surface area contributed by atoms with Gasteiger partial charge in [-0.1, -0.05) is 18.6 Å². The fourth-order valence-corrected chi connectivity index (χ4v) is 3.27. The topological polar surface area (TPSA) is 60.9 Å². The van der Waals surface area contributed by atoms with E-state index < -0.39 is 0 Å². The van der Waals surface area contributed by atoms with Crippen LogP contribution in [0.25, 0.3) is 0 Å². The molecule has 2 heterocycles. The molecule has 1 N–H and O–H groups in total. The minimum absolute atomic E-state index is 0.142. The summed E-state index contributed by atoms with van der Waals surface area (Å²) in [5.41, 5.74) is 0.997. The molecule has 1 unspecified atom stereocenters. The molecule has 2 aliphatic rings. The van der Waals surface area contributed by atoms with Crippen molar-refractivity contribution in [2.45, 2.75) is 31.7 Å². The lowest BCUT2D eigenvalue weighted by Gasteiger charge is -2.37. The lowest BCUT2D eigenvalue weighted by molar-refractivity contribution is 0.0386. The first-order valence-corrected chi connectivity index (χ1v) is 7.52. The molecule has 0 aromatic heterocycles. The van der Waals surface area contributed by atoms with Crippen LogP contribution in [0.1, 0.15) is 46.4 Å². The third kappa shape index (κ3) is 2.59. The van der Waals surface area contributed by atoms with E-state index >= 15 is 0 Å². The van der Waals surface area contributed by atoms with Crippen molar-refractivity contribution in [1.82, 2.24) is 9.80 Å². The van der Waals surface area contributed by atoms with Gasteiger partial charge in [0.15, 0.2) is 0 Å². The van der Waals surface area contributed by atoms with E-state index in [0.717, 1.165) is 25.8 Å². The molecule has 0 saturated carbocycles. The largest absolute Gasteiger partial charge is 0.396 e. The summed E-state index contributed by atoms with van der Waals surface area (Å²) in [6.45, 7) is 1.35. The fraction of sp³-hybridized carbons (Fsp3) is 0.500. The molecule has 2 amide bonds. The Morgan fingerprint density at radius 2 is 1.76 bits per heavy atom. The number of amides is 2. The molecule has 112 valence electrons. The van der Waals surface area contributed by atoms with Crippen molar-refractivity contribution in [2.24, 2.45) is 0 Å². The number of fused-ring (bicyclic) bond motifs is 1. The average Bonchev–Trinajstić information content (AvgIpc) is 2.75. The monoisotopic (exact) mass is 288 g/mol. The van der Waals surface area contributed by atoms with E-state index in [2.05, 4.69) is 4.90 Å². The number of aliphatic hydroxyl groups is 1. The molecule has 3 rings (SSSR count). The molecule has 1 aromatic rings. The van der Waals surface area contributed by atoms with Gasteiger partial charge in [0, 0.05) is 19.2 Å². The first-order valence-electron chi connectivity index (χ1n) is 7.52. The smallest absolute Gasteiger partial charge is 0.262 e. The van der Waals surface area contributed by atoms with Crippen molar-refractivity contribution >= 4 is 11.8 Å². The van der Waals surface area contributed by atoms with Gasteiger partial charge in [0.1, 0.15) is 0 Å². The van der Waals surface area contributed by atoms with Crippen LogP contribution in [0.4, 0.5) is 0 Å². The van der Waals surface area contributed by atoms with E-state index in [-0.39, 0.29) is 24.5 Å². The van der Waals surface area contributed by atoms with Crippen molar-refractivity contribution in [3.05, 3.63) is 35.4 Å². The predicted octanol–water partition coefficient (Wildman–Crippen LogP) is 1.48. The highest BCUT2D eigenvalue weighted by Crippen LogP contribution is 2.25. The SMILES string of the molecule is O=C1c2ccccc2C(=O)N1CN1CCCCC1CCO. The number of rotatable bonds is 4. The van der Waals surface area contributed by atoms with Crippen LogP contribution in [0.3, 0.4) is 0 Å². The van der Waals surface area contributed by atoms with Gasteiger partial charge >= 0.3 is 0 Å². The zero-order valence-corrected chi connectivity index (χ0v) is 12.0. The Labute approximate surface area is 124 Å². The number of carbonyl (C=O) groups is 2. The van der Waals surface area contributed by atoms with E-state index in [4.69, 9.17) is 5.11 Å². The van der Waals surface area contributed by atoms with Gasteiger partial charge in [-0.15, -0.1) is 0 Å². The molecule has 21 heavy (non-hydrogen) atoms. The van der Waals surface area contributed by atoms with Crippen LogP contribution in [0, 0.1) is 0 Å². The Kier molecular flexibility index (Phi) is 4.03. The molecule has 0 bridgehead atoms. The highest BCUT2D eigenvalue weighted by molar-refractivity contribution is 6.21. The Bertz CT molecular complexity index is 521. The summed E-state index contributed by atoms with van der Waals surface area (Å²) >= 11 is 0. The highest BCUT2D eigenvalue weighted by Gasteiger charge is 2.37.